The van der Waals surface area contributed by atoms with Gasteiger partial charge in [-0.05, 0) is 61.4 Å². The molecule has 2 aromatic carbocycles. The van der Waals surface area contributed by atoms with Crippen molar-refractivity contribution in [3.63, 3.8) is 0 Å². The van der Waals surface area contributed by atoms with Crippen LogP contribution >= 0.6 is 0 Å². The van der Waals surface area contributed by atoms with Gasteiger partial charge in [0.15, 0.2) is 0 Å². The minimum Gasteiger partial charge on any atom is -0.496 e. The first kappa shape index (κ1) is 21.8. The molecule has 3 rings (SSSR count). The molecule has 0 fully saturated rings. The molecule has 7 heteroatoms. The number of aromatic nitrogens is 1. The van der Waals surface area contributed by atoms with Gasteiger partial charge in [-0.15, -0.1) is 0 Å². The molecule has 3 aromatic rings. The van der Waals surface area contributed by atoms with Crippen molar-refractivity contribution in [2.75, 3.05) is 12.4 Å². The fourth-order valence-corrected chi connectivity index (χ4v) is 3.25. The molecule has 0 radical (unpaired) electrons. The third kappa shape index (κ3) is 4.66. The second-order valence-electron chi connectivity index (χ2n) is 7.08. The van der Waals surface area contributed by atoms with E-state index < -0.39 is 0 Å². The zero-order valence-electron chi connectivity index (χ0n) is 17.8. The number of halogens is 1. The Morgan fingerprint density at radius 2 is 1.77 bits per heavy atom. The van der Waals surface area contributed by atoms with Crippen LogP contribution in [0.4, 0.5) is 10.1 Å². The Morgan fingerprint density at radius 3 is 2.39 bits per heavy atom. The quantitative estimate of drug-likeness (QED) is 0.583. The number of rotatable bonds is 6. The summed E-state index contributed by atoms with van der Waals surface area (Å²) < 4.78 is 26.8. The van der Waals surface area contributed by atoms with Crippen LogP contribution in [0.25, 0.3) is 11.1 Å². The molecular formula is C24H23FN2O4. The Kier molecular flexibility index (Phi) is 6.25. The molecule has 1 aromatic heterocycles. The molecule has 0 bridgehead atoms. The first-order chi connectivity index (χ1) is 14.7. The van der Waals surface area contributed by atoms with E-state index in [4.69, 9.17) is 9.47 Å². The van der Waals surface area contributed by atoms with Crippen LogP contribution in [-0.4, -0.2) is 17.6 Å². The van der Waals surface area contributed by atoms with E-state index in [1.165, 1.54) is 36.0 Å². The molecule has 0 atom stereocenters. The van der Waals surface area contributed by atoms with Crippen molar-refractivity contribution < 1.29 is 18.7 Å². The molecule has 6 nitrogen and oxygen atoms in total. The number of amides is 1. The highest BCUT2D eigenvalue weighted by atomic mass is 19.1. The minimum atomic E-state index is -0.364. The van der Waals surface area contributed by atoms with E-state index in [0.717, 1.165) is 0 Å². The van der Waals surface area contributed by atoms with Crippen LogP contribution in [0.15, 0.2) is 60.0 Å². The van der Waals surface area contributed by atoms with Crippen LogP contribution < -0.4 is 20.3 Å². The highest BCUT2D eigenvalue weighted by molar-refractivity contribution is 5.99. The number of ether oxygens (including phenoxy) is 2. The number of carbonyl (C=O) groups excluding carboxylic acids is 1. The van der Waals surface area contributed by atoms with E-state index in [0.29, 0.717) is 45.2 Å². The molecule has 1 N–H and O–H groups in total. The summed E-state index contributed by atoms with van der Waals surface area (Å²) in [5.41, 5.74) is 2.73. The average Bonchev–Trinajstić information content (AvgIpc) is 2.72. The maximum Gasteiger partial charge on any atom is 0.254 e. The third-order valence-corrected chi connectivity index (χ3v) is 4.77. The molecular weight excluding hydrogens is 399 g/mol. The molecule has 0 saturated carbocycles. The van der Waals surface area contributed by atoms with Gasteiger partial charge in [0.1, 0.15) is 23.1 Å². The maximum atomic E-state index is 13.7. The second kappa shape index (κ2) is 8.87. The van der Waals surface area contributed by atoms with Crippen molar-refractivity contribution in [1.29, 1.82) is 0 Å². The standard InChI is InChI=1S/C24H23FN2O4/c1-6-22(28)26-17-7-8-20(31-24-14(2)9-16(25)10-15(24)3)18(11-17)19-13-27(4)23(29)12-21(19)30-5/h6-13H,1H2,2-5H3,(H,26,28). The van der Waals surface area contributed by atoms with Crippen molar-refractivity contribution in [3.8, 4) is 28.4 Å². The van der Waals surface area contributed by atoms with Gasteiger partial charge in [-0.2, -0.15) is 0 Å². The third-order valence-electron chi connectivity index (χ3n) is 4.77. The van der Waals surface area contributed by atoms with E-state index >= 15 is 0 Å². The summed E-state index contributed by atoms with van der Waals surface area (Å²) in [7, 11) is 3.10. The maximum absolute atomic E-state index is 13.7. The molecule has 0 aliphatic rings. The lowest BCUT2D eigenvalue weighted by atomic mass is 10.0. The SMILES string of the molecule is C=CC(=O)Nc1ccc(Oc2c(C)cc(F)cc2C)c(-c2cn(C)c(=O)cc2OC)c1. The monoisotopic (exact) mass is 422 g/mol. The molecule has 0 spiro atoms. The summed E-state index contributed by atoms with van der Waals surface area (Å²) in [6.45, 7) is 6.98. The largest absolute Gasteiger partial charge is 0.496 e. The second-order valence-corrected chi connectivity index (χ2v) is 7.08. The zero-order chi connectivity index (χ0) is 22.7. The van der Waals surface area contributed by atoms with Crippen LogP contribution in [0.3, 0.4) is 0 Å². The van der Waals surface area contributed by atoms with Crippen LogP contribution in [0.5, 0.6) is 17.2 Å². The van der Waals surface area contributed by atoms with Crippen molar-refractivity contribution in [2.24, 2.45) is 7.05 Å². The summed E-state index contributed by atoms with van der Waals surface area (Å²) in [6, 6.07) is 9.26. The lowest BCUT2D eigenvalue weighted by Crippen LogP contribution is -2.15. The summed E-state index contributed by atoms with van der Waals surface area (Å²) in [4.78, 5) is 23.9. The minimum absolute atomic E-state index is 0.232. The lowest BCUT2D eigenvalue weighted by molar-refractivity contribution is -0.111. The smallest absolute Gasteiger partial charge is 0.254 e. The van der Waals surface area contributed by atoms with E-state index in [-0.39, 0.29) is 17.3 Å². The van der Waals surface area contributed by atoms with Gasteiger partial charge in [-0.3, -0.25) is 9.59 Å². The van der Waals surface area contributed by atoms with E-state index in [9.17, 15) is 14.0 Å². The number of nitrogens with one attached hydrogen (secondary N) is 1. The average molecular weight is 422 g/mol. The van der Waals surface area contributed by atoms with Crippen LogP contribution in [-0.2, 0) is 11.8 Å². The molecule has 160 valence electrons. The number of pyridine rings is 1. The van der Waals surface area contributed by atoms with Gasteiger partial charge in [0.25, 0.3) is 5.56 Å². The van der Waals surface area contributed by atoms with Gasteiger partial charge in [0, 0.05) is 36.1 Å². The van der Waals surface area contributed by atoms with Gasteiger partial charge in [-0.25, -0.2) is 4.39 Å². The molecule has 1 heterocycles. The van der Waals surface area contributed by atoms with Gasteiger partial charge < -0.3 is 19.4 Å². The normalized spacial score (nSPS) is 10.5. The Labute approximate surface area is 179 Å². The Hall–Kier alpha value is -3.87. The fraction of sp³-hybridized carbons (Fsp3) is 0.167. The number of anilines is 1. The van der Waals surface area contributed by atoms with E-state index in [1.54, 1.807) is 45.3 Å². The molecule has 0 saturated heterocycles. The molecule has 0 aliphatic heterocycles. The number of nitrogens with zero attached hydrogens (tertiary/aromatic N) is 1. The number of hydrogen-bond donors (Lipinski definition) is 1. The van der Waals surface area contributed by atoms with Crippen molar-refractivity contribution >= 4 is 11.6 Å². The van der Waals surface area contributed by atoms with Crippen molar-refractivity contribution in [2.45, 2.75) is 13.8 Å². The Morgan fingerprint density at radius 1 is 1.10 bits per heavy atom. The fourth-order valence-electron chi connectivity index (χ4n) is 3.25. The van der Waals surface area contributed by atoms with E-state index in [2.05, 4.69) is 11.9 Å². The molecule has 1 amide bonds. The number of aryl methyl sites for hydroxylation is 3. The first-order valence-corrected chi connectivity index (χ1v) is 9.50. The number of methoxy groups -OCH3 is 1. The first-order valence-electron chi connectivity index (χ1n) is 9.50. The Bertz CT molecular complexity index is 1210. The van der Waals surface area contributed by atoms with Crippen LogP contribution in [0.1, 0.15) is 11.1 Å². The summed E-state index contributed by atoms with van der Waals surface area (Å²) in [6.07, 6.45) is 2.80. The predicted molar refractivity (Wildman–Crippen MR) is 118 cm³/mol. The predicted octanol–water partition coefficient (Wildman–Crippen LogP) is 4.73. The molecule has 0 aliphatic carbocycles. The highest BCUT2D eigenvalue weighted by Gasteiger charge is 2.17. The molecule has 0 unspecified atom stereocenters. The summed E-state index contributed by atoms with van der Waals surface area (Å²) in [5.74, 6) is 0.621. The van der Waals surface area contributed by atoms with Gasteiger partial charge >= 0.3 is 0 Å². The topological polar surface area (TPSA) is 69.6 Å². The number of carbonyl (C=O) groups is 1. The van der Waals surface area contributed by atoms with Gasteiger partial charge in [0.05, 0.1) is 7.11 Å². The summed E-state index contributed by atoms with van der Waals surface area (Å²) in [5, 5.41) is 2.72. The van der Waals surface area contributed by atoms with Crippen molar-refractivity contribution in [3.05, 3.63) is 82.5 Å². The number of hydrogen-bond acceptors (Lipinski definition) is 4. The van der Waals surface area contributed by atoms with Crippen LogP contribution in [0.2, 0.25) is 0 Å². The summed E-state index contributed by atoms with van der Waals surface area (Å²) >= 11 is 0. The Balaban J connectivity index is 2.21. The van der Waals surface area contributed by atoms with Gasteiger partial charge in [0.2, 0.25) is 5.91 Å². The highest BCUT2D eigenvalue weighted by Crippen LogP contribution is 2.40. The lowest BCUT2D eigenvalue weighted by Gasteiger charge is -2.18. The van der Waals surface area contributed by atoms with Crippen molar-refractivity contribution in [1.82, 2.24) is 4.57 Å². The van der Waals surface area contributed by atoms with E-state index in [1.807, 2.05) is 0 Å². The number of benzene rings is 2. The van der Waals surface area contributed by atoms with Crippen LogP contribution in [0, 0.1) is 19.7 Å². The zero-order valence-corrected chi connectivity index (χ0v) is 17.8. The molecule has 31 heavy (non-hydrogen) atoms. The van der Waals surface area contributed by atoms with Gasteiger partial charge in [-0.1, -0.05) is 6.58 Å².